The summed E-state index contributed by atoms with van der Waals surface area (Å²) in [5, 5.41) is 12.0. The van der Waals surface area contributed by atoms with Crippen LogP contribution in [-0.2, 0) is 4.79 Å². The van der Waals surface area contributed by atoms with Crippen LogP contribution in [0.5, 0.6) is 5.75 Å². The number of carbonyl (C=O) groups is 1. The number of rotatable bonds is 5. The Kier molecular flexibility index (Phi) is 4.72. The van der Waals surface area contributed by atoms with Gasteiger partial charge in [0.25, 0.3) is 0 Å². The van der Waals surface area contributed by atoms with E-state index >= 15 is 0 Å². The SMILES string of the molecule is CCN(CC)CC(=O)Nc1ncccc1O. The van der Waals surface area contributed by atoms with Crippen molar-refractivity contribution >= 4 is 11.7 Å². The molecule has 0 spiro atoms. The second-order valence-corrected chi connectivity index (χ2v) is 3.38. The summed E-state index contributed by atoms with van der Waals surface area (Å²) in [5.74, 6) is 0.0211. The van der Waals surface area contributed by atoms with Crippen molar-refractivity contribution in [1.82, 2.24) is 9.88 Å². The number of pyridine rings is 1. The predicted molar refractivity (Wildman–Crippen MR) is 62.3 cm³/mol. The van der Waals surface area contributed by atoms with Crippen LogP contribution >= 0.6 is 0 Å². The molecule has 0 saturated carbocycles. The summed E-state index contributed by atoms with van der Waals surface area (Å²) in [6.07, 6.45) is 1.52. The van der Waals surface area contributed by atoms with Crippen LogP contribution in [0.2, 0.25) is 0 Å². The number of carbonyl (C=O) groups excluding carboxylic acids is 1. The molecule has 16 heavy (non-hydrogen) atoms. The normalized spacial score (nSPS) is 10.4. The smallest absolute Gasteiger partial charge is 0.239 e. The van der Waals surface area contributed by atoms with Crippen molar-refractivity contribution < 1.29 is 9.90 Å². The Balaban J connectivity index is 2.55. The average molecular weight is 223 g/mol. The zero-order chi connectivity index (χ0) is 12.0. The highest BCUT2D eigenvalue weighted by Gasteiger charge is 2.09. The van der Waals surface area contributed by atoms with E-state index in [1.807, 2.05) is 18.7 Å². The highest BCUT2D eigenvalue weighted by Crippen LogP contribution is 2.17. The summed E-state index contributed by atoms with van der Waals surface area (Å²) in [7, 11) is 0. The molecule has 1 aromatic heterocycles. The molecule has 5 nitrogen and oxygen atoms in total. The van der Waals surface area contributed by atoms with Gasteiger partial charge in [-0.2, -0.15) is 0 Å². The van der Waals surface area contributed by atoms with E-state index in [-0.39, 0.29) is 17.5 Å². The fourth-order valence-corrected chi connectivity index (χ4v) is 1.32. The molecular weight excluding hydrogens is 206 g/mol. The number of anilines is 1. The summed E-state index contributed by atoms with van der Waals surface area (Å²) < 4.78 is 0. The number of amides is 1. The van der Waals surface area contributed by atoms with Crippen molar-refractivity contribution in [3.8, 4) is 5.75 Å². The molecule has 1 aromatic rings. The second-order valence-electron chi connectivity index (χ2n) is 3.38. The molecule has 0 bridgehead atoms. The van der Waals surface area contributed by atoms with E-state index in [0.29, 0.717) is 6.54 Å². The van der Waals surface area contributed by atoms with Gasteiger partial charge in [-0.3, -0.25) is 9.69 Å². The van der Waals surface area contributed by atoms with Gasteiger partial charge in [-0.1, -0.05) is 13.8 Å². The Bertz CT molecular complexity index is 351. The summed E-state index contributed by atoms with van der Waals surface area (Å²) in [4.78, 5) is 17.4. The first-order chi connectivity index (χ1) is 7.67. The second kappa shape index (κ2) is 6.07. The maximum Gasteiger partial charge on any atom is 0.239 e. The molecule has 1 amide bonds. The number of nitrogens with zero attached hydrogens (tertiary/aromatic N) is 2. The third-order valence-corrected chi connectivity index (χ3v) is 2.31. The van der Waals surface area contributed by atoms with Gasteiger partial charge in [0.2, 0.25) is 5.91 Å². The van der Waals surface area contributed by atoms with E-state index in [1.165, 1.54) is 12.3 Å². The lowest BCUT2D eigenvalue weighted by atomic mass is 10.4. The van der Waals surface area contributed by atoms with Gasteiger partial charge in [0.05, 0.1) is 6.54 Å². The summed E-state index contributed by atoms with van der Waals surface area (Å²) in [6.45, 7) is 5.93. The topological polar surface area (TPSA) is 65.5 Å². The minimum Gasteiger partial charge on any atom is -0.504 e. The first-order valence-corrected chi connectivity index (χ1v) is 5.33. The summed E-state index contributed by atoms with van der Waals surface area (Å²) in [6, 6.07) is 3.09. The van der Waals surface area contributed by atoms with Crippen molar-refractivity contribution in [2.75, 3.05) is 25.0 Å². The molecule has 0 atom stereocenters. The minimum absolute atomic E-state index is 0.0182. The number of hydrogen-bond acceptors (Lipinski definition) is 4. The van der Waals surface area contributed by atoms with Crippen LogP contribution in [-0.4, -0.2) is 40.5 Å². The summed E-state index contributed by atoms with van der Waals surface area (Å²) in [5.41, 5.74) is 0. The molecule has 0 radical (unpaired) electrons. The molecule has 0 aromatic carbocycles. The molecule has 0 saturated heterocycles. The van der Waals surface area contributed by atoms with E-state index in [9.17, 15) is 9.90 Å². The summed E-state index contributed by atoms with van der Waals surface area (Å²) >= 11 is 0. The molecule has 0 aliphatic carbocycles. The van der Waals surface area contributed by atoms with E-state index in [1.54, 1.807) is 6.07 Å². The molecule has 1 heterocycles. The average Bonchev–Trinajstić information content (AvgIpc) is 2.29. The maximum absolute atomic E-state index is 11.6. The lowest BCUT2D eigenvalue weighted by molar-refractivity contribution is -0.117. The fraction of sp³-hybridized carbons (Fsp3) is 0.455. The zero-order valence-electron chi connectivity index (χ0n) is 9.60. The largest absolute Gasteiger partial charge is 0.504 e. The number of likely N-dealkylation sites (N-methyl/N-ethyl adjacent to an activating group) is 1. The van der Waals surface area contributed by atoms with Crippen molar-refractivity contribution in [3.63, 3.8) is 0 Å². The molecule has 0 fully saturated rings. The van der Waals surface area contributed by atoms with Crippen molar-refractivity contribution in [2.24, 2.45) is 0 Å². The highest BCUT2D eigenvalue weighted by molar-refractivity contribution is 5.92. The number of aromatic hydroxyl groups is 1. The van der Waals surface area contributed by atoms with E-state index in [4.69, 9.17) is 0 Å². The Hall–Kier alpha value is -1.62. The number of nitrogens with one attached hydrogen (secondary N) is 1. The van der Waals surface area contributed by atoms with Gasteiger partial charge in [-0.05, 0) is 25.2 Å². The highest BCUT2D eigenvalue weighted by atomic mass is 16.3. The molecule has 2 N–H and O–H groups in total. The minimum atomic E-state index is -0.169. The lowest BCUT2D eigenvalue weighted by Crippen LogP contribution is -2.33. The van der Waals surface area contributed by atoms with Gasteiger partial charge in [0, 0.05) is 6.20 Å². The molecule has 0 aliphatic rings. The molecule has 0 unspecified atom stereocenters. The lowest BCUT2D eigenvalue weighted by Gasteiger charge is -2.17. The Morgan fingerprint density at radius 2 is 2.19 bits per heavy atom. The molecule has 88 valence electrons. The van der Waals surface area contributed by atoms with E-state index < -0.39 is 0 Å². The predicted octanol–water partition coefficient (Wildman–Crippen LogP) is 1.07. The van der Waals surface area contributed by atoms with Gasteiger partial charge < -0.3 is 10.4 Å². The number of aromatic nitrogens is 1. The first-order valence-electron chi connectivity index (χ1n) is 5.33. The van der Waals surface area contributed by atoms with Gasteiger partial charge in [-0.15, -0.1) is 0 Å². The van der Waals surface area contributed by atoms with Crippen molar-refractivity contribution in [3.05, 3.63) is 18.3 Å². The van der Waals surface area contributed by atoms with Crippen LogP contribution in [0.25, 0.3) is 0 Å². The maximum atomic E-state index is 11.6. The van der Waals surface area contributed by atoms with Crippen LogP contribution in [0.1, 0.15) is 13.8 Å². The zero-order valence-corrected chi connectivity index (χ0v) is 9.60. The molecule has 1 rings (SSSR count). The Labute approximate surface area is 95.1 Å². The van der Waals surface area contributed by atoms with E-state index in [0.717, 1.165) is 13.1 Å². The van der Waals surface area contributed by atoms with Gasteiger partial charge in [-0.25, -0.2) is 4.98 Å². The van der Waals surface area contributed by atoms with Crippen LogP contribution in [0, 0.1) is 0 Å². The fourth-order valence-electron chi connectivity index (χ4n) is 1.32. The standard InChI is InChI=1S/C11H17N3O2/c1-3-14(4-2)8-10(16)13-11-9(15)6-5-7-12-11/h5-7,15H,3-4,8H2,1-2H3,(H,12,13,16). The van der Waals surface area contributed by atoms with Gasteiger partial charge >= 0.3 is 0 Å². The van der Waals surface area contributed by atoms with Crippen LogP contribution in [0.3, 0.4) is 0 Å². The van der Waals surface area contributed by atoms with E-state index in [2.05, 4.69) is 10.3 Å². The van der Waals surface area contributed by atoms with Crippen LogP contribution in [0.15, 0.2) is 18.3 Å². The van der Waals surface area contributed by atoms with Crippen molar-refractivity contribution in [2.45, 2.75) is 13.8 Å². The Morgan fingerprint density at radius 3 is 2.75 bits per heavy atom. The van der Waals surface area contributed by atoms with Gasteiger partial charge in [0.1, 0.15) is 0 Å². The van der Waals surface area contributed by atoms with Crippen LogP contribution in [0.4, 0.5) is 5.82 Å². The third kappa shape index (κ3) is 3.51. The number of hydrogen-bond donors (Lipinski definition) is 2. The molecule has 5 heteroatoms. The third-order valence-electron chi connectivity index (χ3n) is 2.31. The monoisotopic (exact) mass is 223 g/mol. The first kappa shape index (κ1) is 12.4. The van der Waals surface area contributed by atoms with Crippen LogP contribution < -0.4 is 5.32 Å². The molecular formula is C11H17N3O2. The van der Waals surface area contributed by atoms with Gasteiger partial charge in [0.15, 0.2) is 11.6 Å². The van der Waals surface area contributed by atoms with Crippen molar-refractivity contribution in [1.29, 1.82) is 0 Å². The Morgan fingerprint density at radius 1 is 1.50 bits per heavy atom. The molecule has 0 aliphatic heterocycles. The quantitative estimate of drug-likeness (QED) is 0.783.